The van der Waals surface area contributed by atoms with Crippen LogP contribution in [-0.4, -0.2) is 67.5 Å². The molecule has 11 nitrogen and oxygen atoms in total. The summed E-state index contributed by atoms with van der Waals surface area (Å²) in [6, 6.07) is 20.7. The molecule has 13 heteroatoms. The number of nitrogens with zero attached hydrogens (tertiary/aromatic N) is 6. The van der Waals surface area contributed by atoms with E-state index in [2.05, 4.69) is 20.4 Å². The van der Waals surface area contributed by atoms with Crippen molar-refractivity contribution in [3.05, 3.63) is 120 Å². The molecule has 1 aliphatic carbocycles. The molecule has 2 aliphatic rings. The average molecular weight is 680 g/mol. The van der Waals surface area contributed by atoms with E-state index in [-0.39, 0.29) is 42.7 Å². The van der Waals surface area contributed by atoms with Gasteiger partial charge in [-0.25, -0.2) is 28.8 Å². The normalized spacial score (nSPS) is 18.0. The topological polar surface area (TPSA) is 124 Å². The third kappa shape index (κ3) is 7.02. The lowest BCUT2D eigenvalue weighted by Crippen LogP contribution is -2.41. The minimum atomic E-state index is -0.890. The number of ether oxygens (including phenoxy) is 2. The van der Waals surface area contributed by atoms with Crippen LogP contribution in [-0.2, 0) is 23.3 Å². The highest BCUT2D eigenvalue weighted by Crippen LogP contribution is 2.48. The smallest absolute Gasteiger partial charge is 0.408 e. The number of carbonyl (C=O) groups excluding carboxylic acids is 2. The maximum Gasteiger partial charge on any atom is 0.408 e. The average Bonchev–Trinajstić information content (AvgIpc) is 3.42. The summed E-state index contributed by atoms with van der Waals surface area (Å²) in [6.45, 7) is 4.09. The molecule has 1 aliphatic heterocycles. The Morgan fingerprint density at radius 3 is 2.40 bits per heavy atom. The number of likely N-dealkylation sites (tertiary alicyclic amines) is 1. The van der Waals surface area contributed by atoms with Crippen molar-refractivity contribution in [1.82, 2.24) is 34.9 Å². The molecule has 2 amide bonds. The van der Waals surface area contributed by atoms with Gasteiger partial charge < -0.3 is 19.7 Å². The van der Waals surface area contributed by atoms with Crippen LogP contribution in [0.4, 0.5) is 13.6 Å². The second-order valence-corrected chi connectivity index (χ2v) is 12.9. The Morgan fingerprint density at radius 2 is 1.70 bits per heavy atom. The van der Waals surface area contributed by atoms with Crippen LogP contribution in [0.3, 0.4) is 0 Å². The molecule has 0 bridgehead atoms. The van der Waals surface area contributed by atoms with Crippen LogP contribution in [0, 0.1) is 17.7 Å². The highest BCUT2D eigenvalue weighted by Gasteiger charge is 2.59. The fourth-order valence-electron chi connectivity index (χ4n) is 6.28. The first-order valence-electron chi connectivity index (χ1n) is 16.3. The van der Waals surface area contributed by atoms with E-state index in [4.69, 9.17) is 14.5 Å². The van der Waals surface area contributed by atoms with Gasteiger partial charge in [0.1, 0.15) is 18.5 Å². The van der Waals surface area contributed by atoms with Crippen molar-refractivity contribution in [2.75, 3.05) is 19.8 Å². The number of amides is 2. The van der Waals surface area contributed by atoms with Crippen LogP contribution in [0.5, 0.6) is 5.88 Å². The minimum absolute atomic E-state index is 0.00168. The molecule has 3 aromatic heterocycles. The van der Waals surface area contributed by atoms with Crippen LogP contribution in [0.2, 0.25) is 0 Å². The number of fused-ring (bicyclic) bond motifs is 1. The molecule has 256 valence electrons. The Morgan fingerprint density at radius 1 is 0.980 bits per heavy atom. The summed E-state index contributed by atoms with van der Waals surface area (Å²) in [6.07, 6.45) is 3.93. The molecule has 7 rings (SSSR count). The highest BCUT2D eigenvalue weighted by molar-refractivity contribution is 5.95. The van der Waals surface area contributed by atoms with E-state index in [1.165, 1.54) is 16.8 Å². The number of rotatable bonds is 11. The molecular weight excluding hydrogens is 644 g/mol. The zero-order valence-electron chi connectivity index (χ0n) is 27.5. The predicted molar refractivity (Wildman–Crippen MR) is 179 cm³/mol. The molecule has 3 atom stereocenters. The largest absolute Gasteiger partial charge is 0.474 e. The standard InChI is InChI=1S/C37H35F2N7O4/c1-37(2,43-36(48)49-22-23-7-4-3-5-8-23)25-17-31(24-9-11-26(39)12-10-24)42-32(18-25)50-33-27-19-45(20-28(27)33)34(47)29-21-46(44-30(29)13-14-38)35-40-15-6-16-41-35/h3-12,15-18,21,27-28,33H,13-14,19-20,22H2,1-2H3,(H,43,48)/t27-,28+,33?. The van der Waals surface area contributed by atoms with Crippen molar-refractivity contribution in [3.8, 4) is 23.1 Å². The van der Waals surface area contributed by atoms with E-state index >= 15 is 0 Å². The van der Waals surface area contributed by atoms with Gasteiger partial charge in [-0.3, -0.25) is 9.18 Å². The number of nitrogens with one attached hydrogen (secondary N) is 1. The molecular formula is C37H35F2N7O4. The van der Waals surface area contributed by atoms with Crippen LogP contribution >= 0.6 is 0 Å². The summed E-state index contributed by atoms with van der Waals surface area (Å²) in [4.78, 5) is 41.3. The van der Waals surface area contributed by atoms with Crippen molar-refractivity contribution in [3.63, 3.8) is 0 Å². The summed E-state index contributed by atoms with van der Waals surface area (Å²) in [5.74, 6) is 0.201. The number of alkyl carbamates (subject to hydrolysis) is 1. The van der Waals surface area contributed by atoms with Gasteiger partial charge in [0, 0.05) is 61.6 Å². The maximum atomic E-state index is 13.8. The molecule has 1 N–H and O–H groups in total. The zero-order valence-corrected chi connectivity index (χ0v) is 27.5. The van der Waals surface area contributed by atoms with Crippen LogP contribution < -0.4 is 10.1 Å². The van der Waals surface area contributed by atoms with Crippen LogP contribution in [0.15, 0.2) is 91.4 Å². The first-order valence-corrected chi connectivity index (χ1v) is 16.3. The fourth-order valence-corrected chi connectivity index (χ4v) is 6.28. The van der Waals surface area contributed by atoms with Gasteiger partial charge in [0.25, 0.3) is 5.91 Å². The van der Waals surface area contributed by atoms with Crippen LogP contribution in [0.1, 0.15) is 41.0 Å². The lowest BCUT2D eigenvalue weighted by Gasteiger charge is -2.27. The van der Waals surface area contributed by atoms with Gasteiger partial charge in [-0.15, -0.1) is 0 Å². The summed E-state index contributed by atoms with van der Waals surface area (Å²) < 4.78 is 40.5. The summed E-state index contributed by atoms with van der Waals surface area (Å²) in [7, 11) is 0. The Labute approximate surface area is 287 Å². The molecule has 50 heavy (non-hydrogen) atoms. The molecule has 0 spiro atoms. The molecule has 0 radical (unpaired) electrons. The van der Waals surface area contributed by atoms with E-state index in [0.717, 1.165) is 5.56 Å². The Hall–Kier alpha value is -5.72. The number of benzene rings is 2. The maximum absolute atomic E-state index is 13.8. The molecule has 1 saturated heterocycles. The number of carbonyl (C=O) groups is 2. The lowest BCUT2D eigenvalue weighted by molar-refractivity contribution is 0.0750. The SMILES string of the molecule is CC(C)(NC(=O)OCc1ccccc1)c1cc(OC2[C@H]3CN(C(=O)c4cn(-c5ncccn5)nc4CCF)C[C@@H]23)nc(-c2ccc(F)cc2)c1. The molecule has 1 saturated carbocycles. The highest BCUT2D eigenvalue weighted by atomic mass is 19.1. The number of alkyl halides is 1. The third-order valence-electron chi connectivity index (χ3n) is 9.06. The second kappa shape index (κ2) is 13.7. The fraction of sp³-hybridized carbons (Fsp3) is 0.297. The number of aromatic nitrogens is 5. The number of piperidine rings is 1. The molecule has 2 aromatic carbocycles. The monoisotopic (exact) mass is 679 g/mol. The number of hydrogen-bond acceptors (Lipinski definition) is 8. The molecule has 1 unspecified atom stereocenters. The van der Waals surface area contributed by atoms with Gasteiger partial charge in [0.2, 0.25) is 11.8 Å². The number of hydrogen-bond donors (Lipinski definition) is 1. The van der Waals surface area contributed by atoms with Crippen molar-refractivity contribution in [2.24, 2.45) is 11.8 Å². The summed E-state index contributed by atoms with van der Waals surface area (Å²) in [5, 5.41) is 7.33. The van der Waals surface area contributed by atoms with E-state index < -0.39 is 18.3 Å². The van der Waals surface area contributed by atoms with Gasteiger partial charge in [-0.05, 0) is 61.4 Å². The molecule has 5 aromatic rings. The summed E-state index contributed by atoms with van der Waals surface area (Å²) >= 11 is 0. The quantitative estimate of drug-likeness (QED) is 0.189. The molecule has 4 heterocycles. The minimum Gasteiger partial charge on any atom is -0.474 e. The number of pyridine rings is 1. The van der Waals surface area contributed by atoms with Crippen LogP contribution in [0.25, 0.3) is 17.2 Å². The van der Waals surface area contributed by atoms with Crippen molar-refractivity contribution in [2.45, 2.75) is 38.5 Å². The van der Waals surface area contributed by atoms with E-state index in [1.807, 2.05) is 50.2 Å². The number of halogens is 2. The van der Waals surface area contributed by atoms with E-state index in [0.29, 0.717) is 53.0 Å². The Balaban J connectivity index is 1.06. The van der Waals surface area contributed by atoms with Gasteiger partial charge >= 0.3 is 6.09 Å². The first kappa shape index (κ1) is 32.8. The Kier molecular flexibility index (Phi) is 8.96. The van der Waals surface area contributed by atoms with Gasteiger partial charge in [0.15, 0.2) is 0 Å². The van der Waals surface area contributed by atoms with E-state index in [9.17, 15) is 18.4 Å². The van der Waals surface area contributed by atoms with Crippen molar-refractivity contribution < 1.29 is 27.8 Å². The summed E-state index contributed by atoms with van der Waals surface area (Å²) in [5.41, 5.74) is 2.59. The molecule has 2 fully saturated rings. The van der Waals surface area contributed by atoms with Crippen molar-refractivity contribution >= 4 is 12.0 Å². The first-order chi connectivity index (χ1) is 24.2. The lowest BCUT2D eigenvalue weighted by atomic mass is 9.93. The third-order valence-corrected chi connectivity index (χ3v) is 9.06. The second-order valence-electron chi connectivity index (χ2n) is 12.9. The van der Waals surface area contributed by atoms with E-state index in [1.54, 1.807) is 47.8 Å². The predicted octanol–water partition coefficient (Wildman–Crippen LogP) is 5.69. The zero-order chi connectivity index (χ0) is 34.8. The van der Waals surface area contributed by atoms with Gasteiger partial charge in [-0.1, -0.05) is 30.3 Å². The number of aryl methyl sites for hydroxylation is 1. The van der Waals surface area contributed by atoms with Gasteiger partial charge in [-0.2, -0.15) is 5.10 Å². The van der Waals surface area contributed by atoms with Crippen molar-refractivity contribution in [1.29, 1.82) is 0 Å². The van der Waals surface area contributed by atoms with Gasteiger partial charge in [0.05, 0.1) is 29.2 Å². The Bertz CT molecular complexity index is 1980.